The molecule has 29 heavy (non-hydrogen) atoms. The van der Waals surface area contributed by atoms with Gasteiger partial charge in [-0.1, -0.05) is 11.6 Å². The first kappa shape index (κ1) is 21.1. The van der Waals surface area contributed by atoms with Gasteiger partial charge in [0.15, 0.2) is 0 Å². The molecular formula is C22H26ClN3O3. The van der Waals surface area contributed by atoms with Crippen molar-refractivity contribution in [1.82, 2.24) is 14.8 Å². The van der Waals surface area contributed by atoms with Gasteiger partial charge < -0.3 is 14.5 Å². The second kappa shape index (κ2) is 10.3. The molecule has 6 nitrogen and oxygen atoms in total. The third-order valence-corrected chi connectivity index (χ3v) is 5.42. The van der Waals surface area contributed by atoms with Crippen LogP contribution in [-0.2, 0) is 4.79 Å². The van der Waals surface area contributed by atoms with Gasteiger partial charge in [0.05, 0.1) is 6.61 Å². The van der Waals surface area contributed by atoms with Crippen molar-refractivity contribution in [2.24, 2.45) is 0 Å². The molecule has 0 aliphatic carbocycles. The Bertz CT molecular complexity index is 844. The largest absolute Gasteiger partial charge is 0.494 e. The van der Waals surface area contributed by atoms with Crippen molar-refractivity contribution in [3.05, 3.63) is 58.9 Å². The van der Waals surface area contributed by atoms with Gasteiger partial charge in [-0.3, -0.25) is 14.6 Å². The van der Waals surface area contributed by atoms with E-state index in [1.165, 1.54) is 0 Å². The summed E-state index contributed by atoms with van der Waals surface area (Å²) in [6, 6.07) is 8.98. The van der Waals surface area contributed by atoms with Gasteiger partial charge in [0, 0.05) is 55.6 Å². The van der Waals surface area contributed by atoms with Gasteiger partial charge in [-0.05, 0) is 55.7 Å². The van der Waals surface area contributed by atoms with Crippen LogP contribution in [-0.4, -0.2) is 59.4 Å². The maximum Gasteiger partial charge on any atom is 0.254 e. The highest BCUT2D eigenvalue weighted by atomic mass is 35.5. The van der Waals surface area contributed by atoms with E-state index in [1.807, 2.05) is 34.9 Å². The standard InChI is InChI=1S/C22H26ClN3O3/c1-17-16-19(5-6-20(17)23)29-15-2-4-21(27)25-11-3-12-26(14-13-25)22(28)18-7-9-24-10-8-18/h5-10,16H,2-4,11-15H2,1H3. The molecular weight excluding hydrogens is 390 g/mol. The monoisotopic (exact) mass is 415 g/mol. The van der Waals surface area contributed by atoms with Crippen LogP contribution in [0.25, 0.3) is 0 Å². The number of rotatable bonds is 6. The number of carbonyl (C=O) groups is 2. The van der Waals surface area contributed by atoms with Crippen LogP contribution in [0.5, 0.6) is 5.75 Å². The Hall–Kier alpha value is -2.60. The maximum absolute atomic E-state index is 12.6. The van der Waals surface area contributed by atoms with Gasteiger partial charge in [-0.2, -0.15) is 0 Å². The molecule has 154 valence electrons. The summed E-state index contributed by atoms with van der Waals surface area (Å²) < 4.78 is 5.71. The molecule has 0 unspecified atom stereocenters. The van der Waals surface area contributed by atoms with Crippen molar-refractivity contribution in [3.63, 3.8) is 0 Å². The zero-order chi connectivity index (χ0) is 20.6. The summed E-state index contributed by atoms with van der Waals surface area (Å²) in [5, 5.41) is 0.713. The molecule has 1 fully saturated rings. The van der Waals surface area contributed by atoms with Gasteiger partial charge in [0.2, 0.25) is 5.91 Å². The molecule has 1 aromatic heterocycles. The highest BCUT2D eigenvalue weighted by molar-refractivity contribution is 6.31. The molecule has 1 aromatic carbocycles. The summed E-state index contributed by atoms with van der Waals surface area (Å²) in [5.74, 6) is 0.867. The summed E-state index contributed by atoms with van der Waals surface area (Å²) in [7, 11) is 0. The zero-order valence-electron chi connectivity index (χ0n) is 16.6. The molecule has 2 aromatic rings. The molecule has 2 amide bonds. The molecule has 0 N–H and O–H groups in total. The van der Waals surface area contributed by atoms with Crippen LogP contribution in [0.2, 0.25) is 5.02 Å². The average Bonchev–Trinajstić information content (AvgIpc) is 3.00. The molecule has 0 spiro atoms. The number of carbonyl (C=O) groups excluding carboxylic acids is 2. The fraction of sp³-hybridized carbons (Fsp3) is 0.409. The lowest BCUT2D eigenvalue weighted by molar-refractivity contribution is -0.131. The number of hydrogen-bond donors (Lipinski definition) is 0. The Morgan fingerprint density at radius 2 is 1.79 bits per heavy atom. The Morgan fingerprint density at radius 3 is 2.55 bits per heavy atom. The quantitative estimate of drug-likeness (QED) is 0.676. The fourth-order valence-corrected chi connectivity index (χ4v) is 3.44. The lowest BCUT2D eigenvalue weighted by atomic mass is 10.2. The summed E-state index contributed by atoms with van der Waals surface area (Å²) >= 11 is 6.01. The zero-order valence-corrected chi connectivity index (χ0v) is 17.4. The molecule has 3 rings (SSSR count). The van der Waals surface area contributed by atoms with Gasteiger partial charge in [-0.25, -0.2) is 0 Å². The van der Waals surface area contributed by atoms with Crippen molar-refractivity contribution < 1.29 is 14.3 Å². The number of amides is 2. The number of benzene rings is 1. The Kier molecular flexibility index (Phi) is 7.47. The van der Waals surface area contributed by atoms with E-state index in [2.05, 4.69) is 4.98 Å². The Morgan fingerprint density at radius 1 is 1.07 bits per heavy atom. The SMILES string of the molecule is Cc1cc(OCCCC(=O)N2CCCN(C(=O)c3ccncc3)CC2)ccc1Cl. The lowest BCUT2D eigenvalue weighted by Gasteiger charge is -2.22. The summed E-state index contributed by atoms with van der Waals surface area (Å²) in [6.07, 6.45) is 5.10. The van der Waals surface area contributed by atoms with Crippen LogP contribution >= 0.6 is 11.6 Å². The van der Waals surface area contributed by atoms with E-state index in [4.69, 9.17) is 16.3 Å². The molecule has 1 aliphatic rings. The Labute approximate surface area is 176 Å². The van der Waals surface area contributed by atoms with Crippen molar-refractivity contribution in [1.29, 1.82) is 0 Å². The van der Waals surface area contributed by atoms with Crippen LogP contribution < -0.4 is 4.74 Å². The predicted octanol–water partition coefficient (Wildman–Crippen LogP) is 3.58. The fourth-order valence-electron chi connectivity index (χ4n) is 3.33. The average molecular weight is 416 g/mol. The molecule has 0 bridgehead atoms. The number of hydrogen-bond acceptors (Lipinski definition) is 4. The van der Waals surface area contributed by atoms with Crippen molar-refractivity contribution in [2.45, 2.75) is 26.2 Å². The first-order valence-electron chi connectivity index (χ1n) is 9.90. The second-order valence-electron chi connectivity index (χ2n) is 7.13. The third-order valence-electron chi connectivity index (χ3n) is 5.00. The van der Waals surface area contributed by atoms with Crippen molar-refractivity contribution in [3.8, 4) is 5.75 Å². The number of nitrogens with zero attached hydrogens (tertiary/aromatic N) is 3. The van der Waals surface area contributed by atoms with Crippen molar-refractivity contribution in [2.75, 3.05) is 32.8 Å². The van der Waals surface area contributed by atoms with E-state index in [1.54, 1.807) is 24.5 Å². The van der Waals surface area contributed by atoms with Crippen LogP contribution in [0.1, 0.15) is 35.2 Å². The molecule has 2 heterocycles. The normalized spacial score (nSPS) is 14.4. The van der Waals surface area contributed by atoms with Crippen LogP contribution in [0.3, 0.4) is 0 Å². The minimum atomic E-state index is -0.00615. The van der Waals surface area contributed by atoms with Gasteiger partial charge in [0.1, 0.15) is 5.75 Å². The minimum absolute atomic E-state index is 0.00615. The first-order valence-corrected chi connectivity index (χ1v) is 10.3. The molecule has 7 heteroatoms. The Balaban J connectivity index is 1.42. The van der Waals surface area contributed by atoms with E-state index in [0.717, 1.165) is 17.7 Å². The van der Waals surface area contributed by atoms with Crippen LogP contribution in [0.4, 0.5) is 0 Å². The van der Waals surface area contributed by atoms with Gasteiger partial charge >= 0.3 is 0 Å². The molecule has 1 saturated heterocycles. The number of halogens is 1. The number of ether oxygens (including phenoxy) is 1. The molecule has 0 atom stereocenters. The highest BCUT2D eigenvalue weighted by Crippen LogP contribution is 2.21. The van der Waals surface area contributed by atoms with E-state index in [-0.39, 0.29) is 11.8 Å². The number of aryl methyl sites for hydroxylation is 1. The van der Waals surface area contributed by atoms with Gasteiger partial charge in [0.25, 0.3) is 5.91 Å². The number of pyridine rings is 1. The van der Waals surface area contributed by atoms with Crippen LogP contribution in [0.15, 0.2) is 42.7 Å². The van der Waals surface area contributed by atoms with E-state index in [0.29, 0.717) is 56.2 Å². The number of aromatic nitrogens is 1. The molecule has 0 saturated carbocycles. The predicted molar refractivity (Wildman–Crippen MR) is 112 cm³/mol. The van der Waals surface area contributed by atoms with E-state index >= 15 is 0 Å². The first-order chi connectivity index (χ1) is 14.0. The second-order valence-corrected chi connectivity index (χ2v) is 7.53. The lowest BCUT2D eigenvalue weighted by Crippen LogP contribution is -2.37. The maximum atomic E-state index is 12.6. The smallest absolute Gasteiger partial charge is 0.254 e. The third kappa shape index (κ3) is 5.94. The minimum Gasteiger partial charge on any atom is -0.494 e. The highest BCUT2D eigenvalue weighted by Gasteiger charge is 2.22. The molecule has 1 aliphatic heterocycles. The topological polar surface area (TPSA) is 62.7 Å². The summed E-state index contributed by atoms with van der Waals surface area (Å²) in [6.45, 7) is 4.86. The van der Waals surface area contributed by atoms with Crippen molar-refractivity contribution >= 4 is 23.4 Å². The summed E-state index contributed by atoms with van der Waals surface area (Å²) in [4.78, 5) is 32.8. The van der Waals surface area contributed by atoms with E-state index < -0.39 is 0 Å². The molecule has 0 radical (unpaired) electrons. The van der Waals surface area contributed by atoms with E-state index in [9.17, 15) is 9.59 Å². The van der Waals surface area contributed by atoms with Gasteiger partial charge in [-0.15, -0.1) is 0 Å². The summed E-state index contributed by atoms with van der Waals surface area (Å²) in [5.41, 5.74) is 1.60. The van der Waals surface area contributed by atoms with Crippen LogP contribution in [0, 0.1) is 6.92 Å².